The van der Waals surface area contributed by atoms with Gasteiger partial charge in [-0.05, 0) is 109 Å². The highest BCUT2D eigenvalue weighted by molar-refractivity contribution is 5.71. The van der Waals surface area contributed by atoms with Crippen LogP contribution in [0.15, 0.2) is 60.8 Å². The maximum absolute atomic E-state index is 12.9. The molecule has 0 heterocycles. The summed E-state index contributed by atoms with van der Waals surface area (Å²) < 4.78 is 16.9. The molecule has 0 radical (unpaired) electrons. The molecular weight excluding hydrogens is 937 g/mol. The zero-order valence-electron chi connectivity index (χ0n) is 50.8. The molecule has 6 nitrogen and oxygen atoms in total. The molecular formula is C70H126O6. The topological polar surface area (TPSA) is 78.9 Å². The lowest BCUT2D eigenvalue weighted by atomic mass is 10.0. The largest absolute Gasteiger partial charge is 0.462 e. The zero-order chi connectivity index (χ0) is 55.0. The van der Waals surface area contributed by atoms with Crippen LogP contribution in [0.1, 0.15) is 348 Å². The molecule has 0 bridgehead atoms. The first-order chi connectivity index (χ1) is 37.5. The highest BCUT2D eigenvalue weighted by atomic mass is 16.6. The molecule has 0 spiro atoms. The van der Waals surface area contributed by atoms with Crippen molar-refractivity contribution in [2.24, 2.45) is 0 Å². The maximum atomic E-state index is 12.9. The Morgan fingerprint density at radius 3 is 0.750 bits per heavy atom. The first-order valence-corrected chi connectivity index (χ1v) is 33.3. The molecule has 6 heteroatoms. The Balaban J connectivity index is 4.27. The normalized spacial score (nSPS) is 12.4. The van der Waals surface area contributed by atoms with E-state index in [1.54, 1.807) is 0 Å². The van der Waals surface area contributed by atoms with Crippen LogP contribution in [-0.2, 0) is 28.6 Å². The van der Waals surface area contributed by atoms with E-state index in [0.29, 0.717) is 19.3 Å². The Labute approximate surface area is 472 Å². The number of esters is 3. The van der Waals surface area contributed by atoms with Crippen LogP contribution < -0.4 is 0 Å². The Morgan fingerprint density at radius 1 is 0.263 bits per heavy atom. The fraction of sp³-hybridized carbons (Fsp3) is 0.814. The Hall–Kier alpha value is -2.89. The van der Waals surface area contributed by atoms with Gasteiger partial charge in [0.15, 0.2) is 6.10 Å². The van der Waals surface area contributed by atoms with Gasteiger partial charge in [-0.1, -0.05) is 281 Å². The minimum absolute atomic E-state index is 0.0802. The van der Waals surface area contributed by atoms with Gasteiger partial charge < -0.3 is 14.2 Å². The molecule has 0 aliphatic heterocycles. The van der Waals surface area contributed by atoms with Crippen LogP contribution in [0.3, 0.4) is 0 Å². The molecule has 1 atom stereocenters. The fourth-order valence-corrected chi connectivity index (χ4v) is 9.68. The molecule has 76 heavy (non-hydrogen) atoms. The van der Waals surface area contributed by atoms with Crippen LogP contribution in [0.25, 0.3) is 0 Å². The average molecular weight is 1060 g/mol. The summed E-state index contributed by atoms with van der Waals surface area (Å²) in [7, 11) is 0. The van der Waals surface area contributed by atoms with E-state index in [1.165, 1.54) is 212 Å². The third-order valence-electron chi connectivity index (χ3n) is 14.7. The van der Waals surface area contributed by atoms with Crippen molar-refractivity contribution in [2.45, 2.75) is 354 Å². The van der Waals surface area contributed by atoms with Crippen LogP contribution in [0.4, 0.5) is 0 Å². The third kappa shape index (κ3) is 62.0. The summed E-state index contributed by atoms with van der Waals surface area (Å²) in [5, 5.41) is 0. The van der Waals surface area contributed by atoms with E-state index in [0.717, 1.165) is 96.3 Å². The van der Waals surface area contributed by atoms with Gasteiger partial charge >= 0.3 is 17.9 Å². The number of unbranched alkanes of at least 4 members (excludes halogenated alkanes) is 40. The number of ether oxygens (including phenoxy) is 3. The quantitative estimate of drug-likeness (QED) is 0.0261. The van der Waals surface area contributed by atoms with Gasteiger partial charge in [-0.2, -0.15) is 0 Å². The van der Waals surface area contributed by atoms with Crippen molar-refractivity contribution in [3.63, 3.8) is 0 Å². The number of rotatable bonds is 61. The van der Waals surface area contributed by atoms with Crippen molar-refractivity contribution in [1.82, 2.24) is 0 Å². The van der Waals surface area contributed by atoms with E-state index in [4.69, 9.17) is 14.2 Å². The second-order valence-corrected chi connectivity index (χ2v) is 22.4. The number of carbonyl (C=O) groups excluding carboxylic acids is 3. The van der Waals surface area contributed by atoms with Gasteiger partial charge in [0.2, 0.25) is 0 Å². The first-order valence-electron chi connectivity index (χ1n) is 33.3. The van der Waals surface area contributed by atoms with Crippen molar-refractivity contribution in [1.29, 1.82) is 0 Å². The number of carbonyl (C=O) groups is 3. The van der Waals surface area contributed by atoms with Crippen LogP contribution in [0.2, 0.25) is 0 Å². The standard InChI is InChI=1S/C70H126O6/c1-4-7-10-13-16-19-22-25-28-30-31-32-33-34-35-36-37-38-39-40-43-45-48-51-54-57-60-63-69(72)75-66-67(65-74-68(71)62-59-56-53-50-47-44-41-27-24-21-18-15-12-9-6-3)76-70(73)64-61-58-55-52-49-46-42-29-26-23-20-17-14-11-8-5-2/h20,22-23,25,27,29-31,41-42,67H,4-19,21,24,26,28,32-40,43-66H2,1-3H3/b23-20-,25-22-,31-30-,41-27-,42-29-. The summed E-state index contributed by atoms with van der Waals surface area (Å²) in [5.74, 6) is -0.885. The molecule has 0 aliphatic carbocycles. The minimum Gasteiger partial charge on any atom is -0.462 e. The molecule has 0 saturated carbocycles. The lowest BCUT2D eigenvalue weighted by molar-refractivity contribution is -0.167. The second kappa shape index (κ2) is 64.6. The molecule has 442 valence electrons. The monoisotopic (exact) mass is 1060 g/mol. The highest BCUT2D eigenvalue weighted by Crippen LogP contribution is 2.17. The minimum atomic E-state index is -0.785. The first kappa shape index (κ1) is 73.1. The Morgan fingerprint density at radius 2 is 0.474 bits per heavy atom. The van der Waals surface area contributed by atoms with Gasteiger partial charge in [-0.25, -0.2) is 0 Å². The van der Waals surface area contributed by atoms with Crippen LogP contribution in [0, 0.1) is 0 Å². The molecule has 0 N–H and O–H groups in total. The molecule has 0 aromatic carbocycles. The van der Waals surface area contributed by atoms with E-state index < -0.39 is 6.10 Å². The number of hydrogen-bond donors (Lipinski definition) is 0. The van der Waals surface area contributed by atoms with Gasteiger partial charge in [0.25, 0.3) is 0 Å². The third-order valence-corrected chi connectivity index (χ3v) is 14.7. The van der Waals surface area contributed by atoms with E-state index in [-0.39, 0.29) is 31.1 Å². The van der Waals surface area contributed by atoms with Crippen LogP contribution in [-0.4, -0.2) is 37.2 Å². The second-order valence-electron chi connectivity index (χ2n) is 22.4. The summed E-state index contributed by atoms with van der Waals surface area (Å²) in [6, 6.07) is 0. The summed E-state index contributed by atoms with van der Waals surface area (Å²) in [6.45, 7) is 6.63. The van der Waals surface area contributed by atoms with Gasteiger partial charge in [-0.15, -0.1) is 0 Å². The lowest BCUT2D eigenvalue weighted by Gasteiger charge is -2.18. The molecule has 0 aromatic heterocycles. The smallest absolute Gasteiger partial charge is 0.306 e. The summed E-state index contributed by atoms with van der Waals surface area (Å²) in [4.78, 5) is 38.3. The summed E-state index contributed by atoms with van der Waals surface area (Å²) in [6.07, 6.45) is 82.3. The summed E-state index contributed by atoms with van der Waals surface area (Å²) >= 11 is 0. The van der Waals surface area contributed by atoms with Crippen molar-refractivity contribution in [3.05, 3.63) is 60.8 Å². The van der Waals surface area contributed by atoms with Gasteiger partial charge in [0.1, 0.15) is 13.2 Å². The van der Waals surface area contributed by atoms with Crippen molar-refractivity contribution in [3.8, 4) is 0 Å². The Kier molecular flexibility index (Phi) is 62.2. The molecule has 0 aliphatic rings. The van der Waals surface area contributed by atoms with E-state index in [2.05, 4.69) is 81.5 Å². The summed E-state index contributed by atoms with van der Waals surface area (Å²) in [5.41, 5.74) is 0. The predicted octanol–water partition coefficient (Wildman–Crippen LogP) is 22.7. The van der Waals surface area contributed by atoms with Crippen molar-refractivity contribution in [2.75, 3.05) is 13.2 Å². The SMILES string of the molecule is CCCCCC/C=C\C/C=C\CCCCCCCC(=O)OC(COC(=O)CCCCCCC/C=C\CCCCCCCC)COC(=O)CCCCCCCCCCCCCCCCC/C=C\C/C=C\CCCCCCC. The molecule has 0 saturated heterocycles. The lowest BCUT2D eigenvalue weighted by Crippen LogP contribution is -2.30. The van der Waals surface area contributed by atoms with E-state index in [1.807, 2.05) is 0 Å². The Bertz CT molecular complexity index is 1360. The van der Waals surface area contributed by atoms with Crippen LogP contribution >= 0.6 is 0 Å². The van der Waals surface area contributed by atoms with Crippen LogP contribution in [0.5, 0.6) is 0 Å². The number of hydrogen-bond acceptors (Lipinski definition) is 6. The van der Waals surface area contributed by atoms with Gasteiger partial charge in [0.05, 0.1) is 0 Å². The molecule has 0 amide bonds. The zero-order valence-corrected chi connectivity index (χ0v) is 50.8. The maximum Gasteiger partial charge on any atom is 0.306 e. The fourth-order valence-electron chi connectivity index (χ4n) is 9.68. The molecule has 1 unspecified atom stereocenters. The van der Waals surface area contributed by atoms with Gasteiger partial charge in [0, 0.05) is 19.3 Å². The predicted molar refractivity (Wildman–Crippen MR) is 330 cm³/mol. The number of allylic oxidation sites excluding steroid dienone is 10. The van der Waals surface area contributed by atoms with Gasteiger partial charge in [-0.3, -0.25) is 14.4 Å². The average Bonchev–Trinajstić information content (AvgIpc) is 3.42. The van der Waals surface area contributed by atoms with Crippen molar-refractivity contribution < 1.29 is 28.6 Å². The molecule has 0 rings (SSSR count). The van der Waals surface area contributed by atoms with E-state index >= 15 is 0 Å². The molecule has 0 aromatic rings. The van der Waals surface area contributed by atoms with Crippen molar-refractivity contribution >= 4 is 17.9 Å². The highest BCUT2D eigenvalue weighted by Gasteiger charge is 2.19. The molecule has 0 fully saturated rings. The van der Waals surface area contributed by atoms with E-state index in [9.17, 15) is 14.4 Å².